The molecule has 1 unspecified atom stereocenters. The van der Waals surface area contributed by atoms with Crippen molar-refractivity contribution >= 4 is 21.4 Å². The molecule has 2 N–H and O–H groups in total. The molecule has 3 rings (SSSR count). The Balaban J connectivity index is 1.56. The molecule has 1 atom stereocenters. The van der Waals surface area contributed by atoms with Gasteiger partial charge in [-0.1, -0.05) is 18.2 Å². The van der Waals surface area contributed by atoms with Crippen molar-refractivity contribution in [1.29, 1.82) is 0 Å². The summed E-state index contributed by atoms with van der Waals surface area (Å²) in [4.78, 5) is 0. The molecule has 2 nitrogen and oxygen atoms in total. The maximum absolute atomic E-state index is 3.62. The molecule has 2 heterocycles. The summed E-state index contributed by atoms with van der Waals surface area (Å²) >= 11 is 1.85. The van der Waals surface area contributed by atoms with Gasteiger partial charge in [0.25, 0.3) is 0 Å². The van der Waals surface area contributed by atoms with Crippen molar-refractivity contribution in [3.8, 4) is 0 Å². The van der Waals surface area contributed by atoms with Gasteiger partial charge < -0.3 is 10.6 Å². The molecule has 0 bridgehead atoms. The fourth-order valence-corrected chi connectivity index (χ4v) is 3.64. The summed E-state index contributed by atoms with van der Waals surface area (Å²) in [6.45, 7) is 4.51. The maximum atomic E-state index is 3.62. The minimum absolute atomic E-state index is 0.809. The molecule has 1 aromatic heterocycles. The van der Waals surface area contributed by atoms with Gasteiger partial charge in [-0.3, -0.25) is 0 Å². The average Bonchev–Trinajstić information content (AvgIpc) is 2.84. The van der Waals surface area contributed by atoms with E-state index >= 15 is 0 Å². The summed E-state index contributed by atoms with van der Waals surface area (Å²) in [6, 6.07) is 8.67. The largest absolute Gasteiger partial charge is 0.316 e. The fraction of sp³-hybridized carbons (Fsp3) is 0.467. The number of fused-ring (bicyclic) bond motifs is 1. The van der Waals surface area contributed by atoms with Crippen LogP contribution in [0.25, 0.3) is 10.1 Å². The molecule has 0 spiro atoms. The van der Waals surface area contributed by atoms with Crippen LogP contribution >= 0.6 is 11.3 Å². The molecule has 3 heteroatoms. The molecule has 1 aliphatic heterocycles. The summed E-state index contributed by atoms with van der Waals surface area (Å²) in [5.74, 6) is 0.809. The first-order valence-electron chi connectivity index (χ1n) is 6.80. The summed E-state index contributed by atoms with van der Waals surface area (Å²) in [7, 11) is 0. The molecule has 18 heavy (non-hydrogen) atoms. The molecular weight excluding hydrogens is 240 g/mol. The van der Waals surface area contributed by atoms with E-state index in [4.69, 9.17) is 0 Å². The highest BCUT2D eigenvalue weighted by Crippen LogP contribution is 2.25. The summed E-state index contributed by atoms with van der Waals surface area (Å²) < 4.78 is 1.40. The first kappa shape index (κ1) is 12.2. The van der Waals surface area contributed by atoms with E-state index in [1.54, 1.807) is 0 Å². The Kier molecular flexibility index (Phi) is 3.93. The predicted molar refractivity (Wildman–Crippen MR) is 79.1 cm³/mol. The van der Waals surface area contributed by atoms with Gasteiger partial charge >= 0.3 is 0 Å². The van der Waals surface area contributed by atoms with Crippen LogP contribution in [0, 0.1) is 5.92 Å². The number of hydrogen-bond donors (Lipinski definition) is 2. The molecule has 0 saturated carbocycles. The number of hydrogen-bond acceptors (Lipinski definition) is 3. The Morgan fingerprint density at radius 1 is 1.33 bits per heavy atom. The van der Waals surface area contributed by atoms with Crippen LogP contribution in [0.4, 0.5) is 0 Å². The highest BCUT2D eigenvalue weighted by Gasteiger charge is 2.12. The van der Waals surface area contributed by atoms with Crippen LogP contribution in [0.3, 0.4) is 0 Å². The molecule has 96 valence electrons. The fourth-order valence-electron chi connectivity index (χ4n) is 2.68. The lowest BCUT2D eigenvalue weighted by Crippen LogP contribution is -2.35. The van der Waals surface area contributed by atoms with E-state index in [0.717, 1.165) is 19.0 Å². The number of nitrogens with one attached hydrogen (secondary N) is 2. The molecular formula is C15H20N2S. The summed E-state index contributed by atoms with van der Waals surface area (Å²) in [6.07, 6.45) is 2.69. The zero-order chi connectivity index (χ0) is 12.2. The number of piperidine rings is 1. The van der Waals surface area contributed by atoms with Crippen molar-refractivity contribution in [1.82, 2.24) is 10.6 Å². The number of thiophene rings is 1. The van der Waals surface area contributed by atoms with Crippen molar-refractivity contribution in [2.24, 2.45) is 5.92 Å². The van der Waals surface area contributed by atoms with Gasteiger partial charge in [0.1, 0.15) is 0 Å². The minimum atomic E-state index is 0.809. The van der Waals surface area contributed by atoms with Crippen molar-refractivity contribution in [3.05, 3.63) is 35.2 Å². The highest BCUT2D eigenvalue weighted by atomic mass is 32.1. The van der Waals surface area contributed by atoms with Crippen LogP contribution in [0.1, 0.15) is 18.4 Å². The molecule has 0 amide bonds. The van der Waals surface area contributed by atoms with Crippen LogP contribution in [-0.4, -0.2) is 19.6 Å². The Morgan fingerprint density at radius 3 is 3.17 bits per heavy atom. The molecule has 1 fully saturated rings. The third kappa shape index (κ3) is 2.74. The second-order valence-electron chi connectivity index (χ2n) is 5.10. The molecule has 1 aliphatic rings. The second-order valence-corrected chi connectivity index (χ2v) is 6.01. The summed E-state index contributed by atoms with van der Waals surface area (Å²) in [5, 5.41) is 10.8. The van der Waals surface area contributed by atoms with Crippen molar-refractivity contribution in [2.45, 2.75) is 19.4 Å². The van der Waals surface area contributed by atoms with Gasteiger partial charge in [-0.2, -0.15) is 0 Å². The second kappa shape index (κ2) is 5.83. The molecule has 1 aromatic carbocycles. The van der Waals surface area contributed by atoms with E-state index < -0.39 is 0 Å². The first-order valence-corrected chi connectivity index (χ1v) is 7.68. The first-order chi connectivity index (χ1) is 8.93. The Hall–Kier alpha value is -0.900. The third-order valence-electron chi connectivity index (χ3n) is 3.71. The standard InChI is InChI=1S/C15H20N2S/c1-2-6-15-14(5-1)13(11-18-15)10-17-9-12-4-3-7-16-8-12/h1-2,5-6,11-12,16-17H,3-4,7-10H2. The summed E-state index contributed by atoms with van der Waals surface area (Å²) in [5.41, 5.74) is 1.44. The quantitative estimate of drug-likeness (QED) is 0.883. The molecule has 0 radical (unpaired) electrons. The van der Waals surface area contributed by atoms with Gasteiger partial charge in [0.05, 0.1) is 0 Å². The topological polar surface area (TPSA) is 24.1 Å². The van der Waals surface area contributed by atoms with E-state index in [1.165, 1.54) is 41.6 Å². The van der Waals surface area contributed by atoms with Crippen molar-refractivity contribution in [3.63, 3.8) is 0 Å². The Morgan fingerprint density at radius 2 is 2.28 bits per heavy atom. The normalized spacial score (nSPS) is 20.3. The number of rotatable bonds is 4. The van der Waals surface area contributed by atoms with Gasteiger partial charge in [-0.15, -0.1) is 11.3 Å². The average molecular weight is 260 g/mol. The SMILES string of the molecule is c1ccc2c(CNCC3CCCNC3)csc2c1. The third-order valence-corrected chi connectivity index (χ3v) is 4.72. The van der Waals surface area contributed by atoms with E-state index in [0.29, 0.717) is 0 Å². The molecule has 2 aromatic rings. The van der Waals surface area contributed by atoms with E-state index in [-0.39, 0.29) is 0 Å². The van der Waals surface area contributed by atoms with Gasteiger partial charge in [0.2, 0.25) is 0 Å². The predicted octanol–water partition coefficient (Wildman–Crippen LogP) is 2.99. The maximum Gasteiger partial charge on any atom is 0.0346 e. The Bertz CT molecular complexity index is 500. The van der Waals surface area contributed by atoms with Crippen LogP contribution in [0.15, 0.2) is 29.6 Å². The van der Waals surface area contributed by atoms with Gasteiger partial charge in [-0.25, -0.2) is 0 Å². The number of benzene rings is 1. The van der Waals surface area contributed by atoms with Crippen LogP contribution in [-0.2, 0) is 6.54 Å². The van der Waals surface area contributed by atoms with Crippen molar-refractivity contribution < 1.29 is 0 Å². The van der Waals surface area contributed by atoms with Crippen molar-refractivity contribution in [2.75, 3.05) is 19.6 Å². The Labute approximate surface area is 112 Å². The van der Waals surface area contributed by atoms with E-state index in [2.05, 4.69) is 40.3 Å². The molecule has 1 saturated heterocycles. The minimum Gasteiger partial charge on any atom is -0.316 e. The lowest BCUT2D eigenvalue weighted by Gasteiger charge is -2.22. The van der Waals surface area contributed by atoms with E-state index in [9.17, 15) is 0 Å². The zero-order valence-corrected chi connectivity index (χ0v) is 11.4. The van der Waals surface area contributed by atoms with Gasteiger partial charge in [0, 0.05) is 11.2 Å². The highest BCUT2D eigenvalue weighted by molar-refractivity contribution is 7.17. The molecule has 0 aliphatic carbocycles. The monoisotopic (exact) mass is 260 g/mol. The van der Waals surface area contributed by atoms with E-state index in [1.807, 2.05) is 11.3 Å². The zero-order valence-electron chi connectivity index (χ0n) is 10.6. The smallest absolute Gasteiger partial charge is 0.0346 e. The lowest BCUT2D eigenvalue weighted by molar-refractivity contribution is 0.360. The van der Waals surface area contributed by atoms with Gasteiger partial charge in [0.15, 0.2) is 0 Å². The van der Waals surface area contributed by atoms with Crippen LogP contribution < -0.4 is 10.6 Å². The lowest BCUT2D eigenvalue weighted by atomic mass is 10.00. The van der Waals surface area contributed by atoms with Gasteiger partial charge in [-0.05, 0) is 60.8 Å². The van der Waals surface area contributed by atoms with Crippen LogP contribution in [0.5, 0.6) is 0 Å². The van der Waals surface area contributed by atoms with Crippen LogP contribution in [0.2, 0.25) is 0 Å².